The van der Waals surface area contributed by atoms with Gasteiger partial charge >= 0.3 is 5.69 Å². The third-order valence-corrected chi connectivity index (χ3v) is 3.61. The summed E-state index contributed by atoms with van der Waals surface area (Å²) in [5.41, 5.74) is 0.0264. The monoisotopic (exact) mass is 295 g/mol. The second-order valence-corrected chi connectivity index (χ2v) is 5.59. The second kappa shape index (κ2) is 7.38. The van der Waals surface area contributed by atoms with E-state index >= 15 is 0 Å². The van der Waals surface area contributed by atoms with Crippen molar-refractivity contribution in [2.24, 2.45) is 0 Å². The molecule has 6 heteroatoms. The fourth-order valence-electron chi connectivity index (χ4n) is 2.83. The Morgan fingerprint density at radius 3 is 2.67 bits per heavy atom. The minimum Gasteiger partial charge on any atom is -0.487 e. The summed E-state index contributed by atoms with van der Waals surface area (Å²) in [6, 6.07) is 6.50. The SMILES string of the molecule is C[C@@H]1C[NH+](CCCOc2ccccc2[N+](=O)[O-])C[C@@H](C)O1. The van der Waals surface area contributed by atoms with E-state index in [4.69, 9.17) is 9.47 Å². The molecule has 1 aromatic carbocycles. The molecule has 0 aromatic heterocycles. The summed E-state index contributed by atoms with van der Waals surface area (Å²) in [5, 5.41) is 10.9. The van der Waals surface area contributed by atoms with Crippen LogP contribution in [-0.2, 0) is 4.74 Å². The number of nitrogens with zero attached hydrogens (tertiary/aromatic N) is 1. The van der Waals surface area contributed by atoms with Gasteiger partial charge in [0.05, 0.1) is 18.1 Å². The highest BCUT2D eigenvalue weighted by Gasteiger charge is 2.25. The van der Waals surface area contributed by atoms with Crippen molar-refractivity contribution in [2.75, 3.05) is 26.2 Å². The zero-order valence-electron chi connectivity index (χ0n) is 12.6. The summed E-state index contributed by atoms with van der Waals surface area (Å²) in [5.74, 6) is 0.348. The third kappa shape index (κ3) is 4.68. The van der Waals surface area contributed by atoms with E-state index in [1.807, 2.05) is 0 Å². The molecule has 0 amide bonds. The summed E-state index contributed by atoms with van der Waals surface area (Å²) in [6.07, 6.45) is 1.46. The molecule has 2 rings (SSSR count). The van der Waals surface area contributed by atoms with Crippen LogP contribution in [0.15, 0.2) is 24.3 Å². The fourth-order valence-corrected chi connectivity index (χ4v) is 2.83. The van der Waals surface area contributed by atoms with E-state index in [0.717, 1.165) is 26.1 Å². The van der Waals surface area contributed by atoms with Gasteiger partial charge in [0, 0.05) is 12.5 Å². The van der Waals surface area contributed by atoms with Crippen LogP contribution in [0.1, 0.15) is 20.3 Å². The molecule has 1 fully saturated rings. The summed E-state index contributed by atoms with van der Waals surface area (Å²) in [4.78, 5) is 12.0. The molecule has 1 N–H and O–H groups in total. The lowest BCUT2D eigenvalue weighted by atomic mass is 10.2. The van der Waals surface area contributed by atoms with Crippen molar-refractivity contribution in [3.63, 3.8) is 0 Å². The molecule has 0 saturated carbocycles. The van der Waals surface area contributed by atoms with Crippen LogP contribution in [0.2, 0.25) is 0 Å². The first kappa shape index (κ1) is 15.7. The van der Waals surface area contributed by atoms with E-state index in [2.05, 4.69) is 13.8 Å². The number of nitro groups is 1. The lowest BCUT2D eigenvalue weighted by molar-refractivity contribution is -0.915. The number of hydrogen-bond acceptors (Lipinski definition) is 4. The molecule has 0 radical (unpaired) electrons. The predicted octanol–water partition coefficient (Wildman–Crippen LogP) is 1.06. The molecule has 1 saturated heterocycles. The Kier molecular flexibility index (Phi) is 5.52. The molecule has 1 aliphatic rings. The highest BCUT2D eigenvalue weighted by Crippen LogP contribution is 2.25. The van der Waals surface area contributed by atoms with Crippen LogP contribution in [0.5, 0.6) is 5.75 Å². The van der Waals surface area contributed by atoms with E-state index in [1.165, 1.54) is 11.0 Å². The molecular formula is C15H23N2O4+. The van der Waals surface area contributed by atoms with Crippen LogP contribution in [-0.4, -0.2) is 43.4 Å². The standard InChI is InChI=1S/C15H22N2O4/c1-12-10-16(11-13(2)21-12)8-5-9-20-15-7-4-3-6-14(15)17(18)19/h3-4,6-7,12-13H,5,8-11H2,1-2H3/p+1/t12-,13-/m1/s1. The van der Waals surface area contributed by atoms with E-state index in [1.54, 1.807) is 18.2 Å². The van der Waals surface area contributed by atoms with Crippen molar-refractivity contribution in [2.45, 2.75) is 32.5 Å². The van der Waals surface area contributed by atoms with Gasteiger partial charge in [-0.1, -0.05) is 12.1 Å². The first-order chi connectivity index (χ1) is 10.1. The average molecular weight is 295 g/mol. The van der Waals surface area contributed by atoms with Gasteiger partial charge in [-0.15, -0.1) is 0 Å². The molecule has 0 bridgehead atoms. The van der Waals surface area contributed by atoms with Gasteiger partial charge in [-0.2, -0.15) is 0 Å². The molecular weight excluding hydrogens is 272 g/mol. The molecule has 116 valence electrons. The van der Waals surface area contributed by atoms with Gasteiger partial charge in [-0.3, -0.25) is 10.1 Å². The fraction of sp³-hybridized carbons (Fsp3) is 0.600. The highest BCUT2D eigenvalue weighted by atomic mass is 16.6. The Balaban J connectivity index is 1.76. The Morgan fingerprint density at radius 2 is 2.00 bits per heavy atom. The smallest absolute Gasteiger partial charge is 0.310 e. The number of quaternary nitrogens is 1. The lowest BCUT2D eigenvalue weighted by Gasteiger charge is -2.32. The van der Waals surface area contributed by atoms with Crippen LogP contribution >= 0.6 is 0 Å². The van der Waals surface area contributed by atoms with Crippen LogP contribution in [0.25, 0.3) is 0 Å². The Labute approximate surface area is 124 Å². The van der Waals surface area contributed by atoms with Gasteiger partial charge in [0.25, 0.3) is 0 Å². The Morgan fingerprint density at radius 1 is 1.33 bits per heavy atom. The topological polar surface area (TPSA) is 66.0 Å². The van der Waals surface area contributed by atoms with Crippen molar-refractivity contribution < 1.29 is 19.3 Å². The molecule has 1 heterocycles. The quantitative estimate of drug-likeness (QED) is 0.484. The molecule has 0 aliphatic carbocycles. The van der Waals surface area contributed by atoms with Crippen molar-refractivity contribution in [1.29, 1.82) is 0 Å². The van der Waals surface area contributed by atoms with Gasteiger partial charge in [-0.05, 0) is 19.9 Å². The predicted molar refractivity (Wildman–Crippen MR) is 78.8 cm³/mol. The van der Waals surface area contributed by atoms with E-state index < -0.39 is 4.92 Å². The minimum atomic E-state index is -0.411. The number of ether oxygens (including phenoxy) is 2. The zero-order valence-corrected chi connectivity index (χ0v) is 12.6. The third-order valence-electron chi connectivity index (χ3n) is 3.61. The minimum absolute atomic E-state index is 0.0264. The maximum absolute atomic E-state index is 10.9. The largest absolute Gasteiger partial charge is 0.487 e. The normalized spacial score (nSPS) is 25.5. The summed E-state index contributed by atoms with van der Waals surface area (Å²) >= 11 is 0. The molecule has 1 aliphatic heterocycles. The number of para-hydroxylation sites is 2. The lowest BCUT2D eigenvalue weighted by Crippen LogP contribution is -3.15. The second-order valence-electron chi connectivity index (χ2n) is 5.59. The van der Waals surface area contributed by atoms with E-state index in [-0.39, 0.29) is 5.69 Å². The number of nitrogens with one attached hydrogen (secondary N) is 1. The van der Waals surface area contributed by atoms with Gasteiger partial charge in [0.1, 0.15) is 25.3 Å². The first-order valence-corrected chi connectivity index (χ1v) is 7.41. The van der Waals surface area contributed by atoms with Gasteiger partial charge < -0.3 is 14.4 Å². The van der Waals surface area contributed by atoms with Crippen LogP contribution in [0.4, 0.5) is 5.69 Å². The Hall–Kier alpha value is -1.66. The van der Waals surface area contributed by atoms with Crippen molar-refractivity contribution in [3.8, 4) is 5.75 Å². The van der Waals surface area contributed by atoms with Gasteiger partial charge in [0.15, 0.2) is 5.75 Å². The molecule has 6 nitrogen and oxygen atoms in total. The highest BCUT2D eigenvalue weighted by molar-refractivity contribution is 5.45. The van der Waals surface area contributed by atoms with Crippen molar-refractivity contribution in [1.82, 2.24) is 0 Å². The molecule has 0 unspecified atom stereocenters. The average Bonchev–Trinajstić information content (AvgIpc) is 2.43. The maximum Gasteiger partial charge on any atom is 0.310 e. The van der Waals surface area contributed by atoms with Crippen LogP contribution in [0, 0.1) is 10.1 Å². The molecule has 1 aromatic rings. The van der Waals surface area contributed by atoms with Crippen molar-refractivity contribution in [3.05, 3.63) is 34.4 Å². The summed E-state index contributed by atoms with van der Waals surface area (Å²) in [6.45, 7) is 7.71. The van der Waals surface area contributed by atoms with Gasteiger partial charge in [-0.25, -0.2) is 0 Å². The number of rotatable bonds is 6. The molecule has 0 spiro atoms. The van der Waals surface area contributed by atoms with Crippen LogP contribution < -0.4 is 9.64 Å². The molecule has 21 heavy (non-hydrogen) atoms. The van der Waals surface area contributed by atoms with E-state index in [9.17, 15) is 10.1 Å². The van der Waals surface area contributed by atoms with E-state index in [0.29, 0.717) is 24.6 Å². The zero-order chi connectivity index (χ0) is 15.2. The first-order valence-electron chi connectivity index (χ1n) is 7.41. The Bertz CT molecular complexity index is 470. The summed E-state index contributed by atoms with van der Waals surface area (Å²) in [7, 11) is 0. The molecule has 2 atom stereocenters. The van der Waals surface area contributed by atoms with Crippen molar-refractivity contribution >= 4 is 5.69 Å². The van der Waals surface area contributed by atoms with Crippen LogP contribution in [0.3, 0.4) is 0 Å². The number of hydrogen-bond donors (Lipinski definition) is 1. The summed E-state index contributed by atoms with van der Waals surface area (Å²) < 4.78 is 11.3. The number of benzene rings is 1. The number of nitro benzene ring substituents is 1. The maximum atomic E-state index is 10.9. The number of morpholine rings is 1. The van der Waals surface area contributed by atoms with Gasteiger partial charge in [0.2, 0.25) is 0 Å².